The number of hydrogen-bond acceptors (Lipinski definition) is 1. The first kappa shape index (κ1) is 14.4. The molecular formula is C16H22FOSi. The van der Waals surface area contributed by atoms with Crippen molar-refractivity contribution in [1.29, 1.82) is 0 Å². The van der Waals surface area contributed by atoms with Gasteiger partial charge in [-0.3, -0.25) is 0 Å². The van der Waals surface area contributed by atoms with Gasteiger partial charge < -0.3 is 4.79 Å². The summed E-state index contributed by atoms with van der Waals surface area (Å²) in [5.41, 5.74) is 1.65. The minimum Gasteiger partial charge on any atom is -0.303 e. The molecule has 1 heterocycles. The Morgan fingerprint density at radius 1 is 1.37 bits per heavy atom. The molecule has 103 valence electrons. The summed E-state index contributed by atoms with van der Waals surface area (Å²) in [7, 11) is -0.105. The van der Waals surface area contributed by atoms with Gasteiger partial charge in [-0.1, -0.05) is 43.6 Å². The Kier molecular flexibility index (Phi) is 5.31. The van der Waals surface area contributed by atoms with E-state index in [2.05, 4.69) is 6.92 Å². The second-order valence-corrected chi connectivity index (χ2v) is 8.50. The summed E-state index contributed by atoms with van der Waals surface area (Å²) in [6.07, 6.45) is 4.70. The van der Waals surface area contributed by atoms with Crippen LogP contribution in [0.1, 0.15) is 43.2 Å². The molecule has 0 atom stereocenters. The van der Waals surface area contributed by atoms with Gasteiger partial charge in [-0.15, -0.1) is 0 Å². The fourth-order valence-corrected chi connectivity index (χ4v) is 6.01. The van der Waals surface area contributed by atoms with Crippen molar-refractivity contribution in [1.82, 2.24) is 0 Å². The van der Waals surface area contributed by atoms with E-state index in [9.17, 15) is 9.18 Å². The third kappa shape index (κ3) is 3.75. The van der Waals surface area contributed by atoms with Gasteiger partial charge >= 0.3 is 0 Å². The van der Waals surface area contributed by atoms with Crippen LogP contribution in [0.15, 0.2) is 18.2 Å². The van der Waals surface area contributed by atoms with Crippen LogP contribution < -0.4 is 0 Å². The lowest BCUT2D eigenvalue weighted by Crippen LogP contribution is -2.20. The van der Waals surface area contributed by atoms with E-state index >= 15 is 0 Å². The normalized spacial score (nSPS) is 17.6. The highest BCUT2D eigenvalue weighted by Crippen LogP contribution is 2.35. The maximum absolute atomic E-state index is 13.8. The summed E-state index contributed by atoms with van der Waals surface area (Å²) >= 11 is 0. The Hall–Kier alpha value is -0.963. The average molecular weight is 277 g/mol. The highest BCUT2D eigenvalue weighted by molar-refractivity contribution is 6.59. The molecule has 1 radical (unpaired) electrons. The quantitative estimate of drug-likeness (QED) is 0.577. The van der Waals surface area contributed by atoms with Crippen molar-refractivity contribution >= 4 is 15.1 Å². The van der Waals surface area contributed by atoms with Crippen molar-refractivity contribution in [3.8, 4) is 0 Å². The zero-order chi connectivity index (χ0) is 13.7. The summed E-state index contributed by atoms with van der Waals surface area (Å²) in [6, 6.07) is 9.64. The third-order valence-corrected chi connectivity index (χ3v) is 7.35. The number of halogens is 1. The highest BCUT2D eigenvalue weighted by Gasteiger charge is 2.23. The fraction of sp³-hybridized carbons (Fsp3) is 0.562. The van der Waals surface area contributed by atoms with Crippen LogP contribution in [0.2, 0.25) is 18.1 Å². The number of aldehydes is 1. The molecule has 0 spiro atoms. The standard InChI is InChI=1S/C16H22FOSi/c1-2-9-19-10-6-13(7-11-19)15-4-3-14(5-8-18)16(17)12-15/h3-4,8,12-13H,2,5-7,9-11H2,1H3. The second-order valence-electron chi connectivity index (χ2n) is 5.50. The lowest BCUT2D eigenvalue weighted by Gasteiger charge is -2.27. The summed E-state index contributed by atoms with van der Waals surface area (Å²) in [4.78, 5) is 10.4. The Bertz CT molecular complexity index is 425. The molecule has 1 aliphatic heterocycles. The Morgan fingerprint density at radius 3 is 2.68 bits per heavy atom. The van der Waals surface area contributed by atoms with Gasteiger partial charge in [0.25, 0.3) is 0 Å². The van der Waals surface area contributed by atoms with E-state index in [0.29, 0.717) is 11.5 Å². The molecule has 0 N–H and O–H groups in total. The SMILES string of the molecule is CCC[Si]1CCC(c2ccc(CC=O)c(F)c2)CC1. The van der Waals surface area contributed by atoms with Crippen molar-refractivity contribution in [2.24, 2.45) is 0 Å². The molecule has 0 saturated carbocycles. The van der Waals surface area contributed by atoms with Gasteiger partial charge in [0, 0.05) is 15.2 Å². The van der Waals surface area contributed by atoms with Crippen molar-refractivity contribution in [3.63, 3.8) is 0 Å². The van der Waals surface area contributed by atoms with Crippen molar-refractivity contribution < 1.29 is 9.18 Å². The summed E-state index contributed by atoms with van der Waals surface area (Å²) in [5.74, 6) is 0.319. The first-order valence-electron chi connectivity index (χ1n) is 7.30. The molecule has 2 rings (SSSR count). The smallest absolute Gasteiger partial charge is 0.127 e. The maximum Gasteiger partial charge on any atom is 0.127 e. The number of rotatable bonds is 5. The molecule has 0 bridgehead atoms. The molecule has 0 unspecified atom stereocenters. The van der Waals surface area contributed by atoms with Gasteiger partial charge in [0.15, 0.2) is 0 Å². The van der Waals surface area contributed by atoms with Crippen LogP contribution in [0.3, 0.4) is 0 Å². The van der Waals surface area contributed by atoms with Crippen molar-refractivity contribution in [2.45, 2.75) is 56.7 Å². The predicted octanol–water partition coefficient (Wildman–Crippen LogP) is 4.35. The lowest BCUT2D eigenvalue weighted by atomic mass is 9.92. The summed E-state index contributed by atoms with van der Waals surface area (Å²) in [5, 5.41) is 0. The molecule has 1 saturated heterocycles. The molecule has 1 fully saturated rings. The molecule has 1 aliphatic rings. The molecule has 1 nitrogen and oxygen atoms in total. The van der Waals surface area contributed by atoms with E-state index in [1.807, 2.05) is 6.07 Å². The monoisotopic (exact) mass is 277 g/mol. The van der Waals surface area contributed by atoms with E-state index in [1.165, 1.54) is 37.4 Å². The van der Waals surface area contributed by atoms with Crippen LogP contribution in [0.4, 0.5) is 4.39 Å². The van der Waals surface area contributed by atoms with E-state index < -0.39 is 0 Å². The summed E-state index contributed by atoms with van der Waals surface area (Å²) < 4.78 is 13.8. The molecule has 0 aromatic heterocycles. The van der Waals surface area contributed by atoms with Crippen LogP contribution in [-0.4, -0.2) is 15.1 Å². The van der Waals surface area contributed by atoms with E-state index in [-0.39, 0.29) is 21.0 Å². The topological polar surface area (TPSA) is 17.1 Å². The third-order valence-electron chi connectivity index (χ3n) is 4.15. The Balaban J connectivity index is 1.99. The summed E-state index contributed by atoms with van der Waals surface area (Å²) in [6.45, 7) is 2.27. The molecule has 1 aromatic rings. The van der Waals surface area contributed by atoms with Gasteiger partial charge in [0.2, 0.25) is 0 Å². The van der Waals surface area contributed by atoms with Crippen LogP contribution in [0.25, 0.3) is 0 Å². The fourth-order valence-electron chi connectivity index (χ4n) is 3.04. The highest BCUT2D eigenvalue weighted by atomic mass is 28.3. The van der Waals surface area contributed by atoms with E-state index in [1.54, 1.807) is 12.1 Å². The van der Waals surface area contributed by atoms with Crippen LogP contribution in [0.5, 0.6) is 0 Å². The van der Waals surface area contributed by atoms with E-state index in [4.69, 9.17) is 0 Å². The lowest BCUT2D eigenvalue weighted by molar-refractivity contribution is -0.107. The van der Waals surface area contributed by atoms with Gasteiger partial charge in [-0.25, -0.2) is 4.39 Å². The van der Waals surface area contributed by atoms with Crippen LogP contribution in [-0.2, 0) is 11.2 Å². The van der Waals surface area contributed by atoms with E-state index in [0.717, 1.165) is 11.8 Å². The minimum absolute atomic E-state index is 0.105. The minimum atomic E-state index is -0.214. The number of carbonyl (C=O) groups excluding carboxylic acids is 1. The van der Waals surface area contributed by atoms with Crippen molar-refractivity contribution in [2.75, 3.05) is 0 Å². The van der Waals surface area contributed by atoms with Gasteiger partial charge in [-0.05, 0) is 36.0 Å². The Labute approximate surface area is 116 Å². The number of hydrogen-bond donors (Lipinski definition) is 0. The second kappa shape index (κ2) is 6.99. The van der Waals surface area contributed by atoms with Crippen molar-refractivity contribution in [3.05, 3.63) is 35.1 Å². The molecule has 1 aromatic carbocycles. The largest absolute Gasteiger partial charge is 0.303 e. The van der Waals surface area contributed by atoms with Gasteiger partial charge in [-0.2, -0.15) is 0 Å². The zero-order valence-corrected chi connectivity index (χ0v) is 12.6. The molecule has 0 aliphatic carbocycles. The first-order chi connectivity index (χ1) is 9.24. The predicted molar refractivity (Wildman–Crippen MR) is 78.6 cm³/mol. The van der Waals surface area contributed by atoms with Crippen LogP contribution in [0, 0.1) is 5.82 Å². The zero-order valence-electron chi connectivity index (χ0n) is 11.6. The van der Waals surface area contributed by atoms with Gasteiger partial charge in [0.1, 0.15) is 12.1 Å². The molecule has 0 amide bonds. The first-order valence-corrected chi connectivity index (χ1v) is 9.42. The number of carbonyl (C=O) groups is 1. The Morgan fingerprint density at radius 2 is 2.11 bits per heavy atom. The molecule has 19 heavy (non-hydrogen) atoms. The average Bonchev–Trinajstić information content (AvgIpc) is 2.43. The van der Waals surface area contributed by atoms with Crippen LogP contribution >= 0.6 is 0 Å². The molecule has 3 heteroatoms. The number of benzene rings is 1. The van der Waals surface area contributed by atoms with Gasteiger partial charge in [0.05, 0.1) is 0 Å². The maximum atomic E-state index is 13.8. The molecular weight excluding hydrogens is 255 g/mol.